The highest BCUT2D eigenvalue weighted by molar-refractivity contribution is 6.21. The minimum atomic E-state index is -0.427. The number of ether oxygens (including phenoxy) is 1. The number of rotatable bonds is 3. The molecule has 0 aliphatic carbocycles. The van der Waals surface area contributed by atoms with Crippen molar-refractivity contribution in [2.75, 3.05) is 13.1 Å². The van der Waals surface area contributed by atoms with E-state index in [1.54, 1.807) is 11.0 Å². The Balaban J connectivity index is 1.27. The SMILES string of the molecule is O=C(OCc1ccccc1)N1CCC(c2nc3c4ccc(F)cc4c4c(=O)[nH]cnc4c3[nH]2)CC1. The Labute approximate surface area is 198 Å². The van der Waals surface area contributed by atoms with Crippen molar-refractivity contribution in [1.82, 2.24) is 24.8 Å². The Morgan fingerprint density at radius 3 is 2.69 bits per heavy atom. The van der Waals surface area contributed by atoms with E-state index in [1.165, 1.54) is 18.5 Å². The number of aromatic amines is 2. The van der Waals surface area contributed by atoms with Gasteiger partial charge in [0.25, 0.3) is 5.56 Å². The summed E-state index contributed by atoms with van der Waals surface area (Å²) in [5.41, 5.74) is 2.40. The monoisotopic (exact) mass is 471 g/mol. The number of hydrogen-bond donors (Lipinski definition) is 2. The molecule has 2 aromatic heterocycles. The molecule has 5 aromatic rings. The molecule has 0 saturated carbocycles. The van der Waals surface area contributed by atoms with Gasteiger partial charge in [-0.05, 0) is 36.6 Å². The molecule has 0 spiro atoms. The average molecular weight is 471 g/mol. The lowest BCUT2D eigenvalue weighted by Gasteiger charge is -2.30. The Kier molecular flexibility index (Phi) is 5.17. The molecule has 9 heteroatoms. The van der Waals surface area contributed by atoms with Gasteiger partial charge in [0.1, 0.15) is 23.8 Å². The van der Waals surface area contributed by atoms with Gasteiger partial charge in [0.05, 0.1) is 22.7 Å². The molecule has 3 aromatic carbocycles. The van der Waals surface area contributed by atoms with Crippen LogP contribution in [0.25, 0.3) is 32.7 Å². The first-order valence-electron chi connectivity index (χ1n) is 11.5. The van der Waals surface area contributed by atoms with Gasteiger partial charge in [-0.3, -0.25) is 4.79 Å². The van der Waals surface area contributed by atoms with Gasteiger partial charge in [-0.15, -0.1) is 0 Å². The number of hydrogen-bond acceptors (Lipinski definition) is 5. The number of nitrogens with one attached hydrogen (secondary N) is 2. The molecule has 176 valence electrons. The first-order chi connectivity index (χ1) is 17.1. The molecule has 1 amide bonds. The van der Waals surface area contributed by atoms with Crippen molar-refractivity contribution < 1.29 is 13.9 Å². The molecule has 35 heavy (non-hydrogen) atoms. The summed E-state index contributed by atoms with van der Waals surface area (Å²) in [4.78, 5) is 42.0. The quantitative estimate of drug-likeness (QED) is 0.374. The largest absolute Gasteiger partial charge is 0.445 e. The van der Waals surface area contributed by atoms with Crippen molar-refractivity contribution in [2.24, 2.45) is 0 Å². The van der Waals surface area contributed by atoms with Crippen LogP contribution < -0.4 is 5.56 Å². The van der Waals surface area contributed by atoms with Gasteiger partial charge in [-0.1, -0.05) is 30.3 Å². The second-order valence-corrected chi connectivity index (χ2v) is 8.79. The van der Waals surface area contributed by atoms with Crippen LogP contribution in [0.5, 0.6) is 0 Å². The summed E-state index contributed by atoms with van der Waals surface area (Å²) in [5, 5.41) is 1.51. The highest BCUT2D eigenvalue weighted by Crippen LogP contribution is 2.34. The molecule has 1 aliphatic heterocycles. The maximum absolute atomic E-state index is 14.0. The lowest BCUT2D eigenvalue weighted by Crippen LogP contribution is -2.38. The number of aromatic nitrogens is 4. The summed E-state index contributed by atoms with van der Waals surface area (Å²) < 4.78 is 19.5. The zero-order valence-electron chi connectivity index (χ0n) is 18.8. The Morgan fingerprint density at radius 1 is 1.09 bits per heavy atom. The first-order valence-corrected chi connectivity index (χ1v) is 11.5. The van der Waals surface area contributed by atoms with Crippen LogP contribution in [-0.4, -0.2) is 44.0 Å². The van der Waals surface area contributed by atoms with Crippen LogP contribution in [0.15, 0.2) is 59.7 Å². The maximum Gasteiger partial charge on any atom is 0.410 e. The van der Waals surface area contributed by atoms with E-state index in [2.05, 4.69) is 15.0 Å². The summed E-state index contributed by atoms with van der Waals surface area (Å²) in [6, 6.07) is 14.0. The summed E-state index contributed by atoms with van der Waals surface area (Å²) in [5.74, 6) is 0.453. The van der Waals surface area contributed by atoms with Crippen molar-refractivity contribution in [3.05, 3.63) is 82.4 Å². The molecule has 1 fully saturated rings. The molecule has 0 unspecified atom stereocenters. The predicted octanol–water partition coefficient (Wildman–Crippen LogP) is 4.61. The highest BCUT2D eigenvalue weighted by Gasteiger charge is 2.27. The summed E-state index contributed by atoms with van der Waals surface area (Å²) in [7, 11) is 0. The number of imidazole rings is 1. The molecule has 0 radical (unpaired) electrons. The van der Waals surface area contributed by atoms with E-state index in [0.29, 0.717) is 45.8 Å². The molecule has 1 saturated heterocycles. The van der Waals surface area contributed by atoms with Gasteiger partial charge >= 0.3 is 6.09 Å². The van der Waals surface area contributed by atoms with Crippen LogP contribution in [0.3, 0.4) is 0 Å². The van der Waals surface area contributed by atoms with Crippen LogP contribution in [0.2, 0.25) is 0 Å². The number of benzene rings is 3. The molecular weight excluding hydrogens is 449 g/mol. The number of likely N-dealkylation sites (tertiary alicyclic amines) is 1. The van der Waals surface area contributed by atoms with Crippen LogP contribution in [-0.2, 0) is 11.3 Å². The van der Waals surface area contributed by atoms with Gasteiger partial charge in [-0.2, -0.15) is 0 Å². The van der Waals surface area contributed by atoms with Gasteiger partial charge in [0, 0.05) is 29.8 Å². The number of fused-ring (bicyclic) bond motifs is 6. The van der Waals surface area contributed by atoms with E-state index in [0.717, 1.165) is 24.2 Å². The van der Waals surface area contributed by atoms with Crippen molar-refractivity contribution in [3.63, 3.8) is 0 Å². The maximum atomic E-state index is 14.0. The van der Waals surface area contributed by atoms with Gasteiger partial charge in [0.15, 0.2) is 0 Å². The molecule has 0 bridgehead atoms. The third-order valence-electron chi connectivity index (χ3n) is 6.66. The summed E-state index contributed by atoms with van der Waals surface area (Å²) in [6.07, 6.45) is 2.46. The van der Waals surface area contributed by atoms with Crippen LogP contribution >= 0.6 is 0 Å². The number of piperidine rings is 1. The number of H-pyrrole nitrogens is 2. The molecule has 1 aliphatic rings. The van der Waals surface area contributed by atoms with E-state index in [9.17, 15) is 14.0 Å². The Hall–Kier alpha value is -4.27. The highest BCUT2D eigenvalue weighted by atomic mass is 19.1. The lowest BCUT2D eigenvalue weighted by atomic mass is 9.96. The molecule has 3 heterocycles. The summed E-state index contributed by atoms with van der Waals surface area (Å²) in [6.45, 7) is 1.36. The second kappa shape index (κ2) is 8.50. The van der Waals surface area contributed by atoms with Crippen LogP contribution in [0.4, 0.5) is 9.18 Å². The van der Waals surface area contributed by atoms with Crippen molar-refractivity contribution in [3.8, 4) is 0 Å². The molecule has 0 atom stereocenters. The number of carbonyl (C=O) groups is 1. The Bertz CT molecular complexity index is 1620. The number of nitrogens with zero attached hydrogens (tertiary/aromatic N) is 3. The summed E-state index contributed by atoms with van der Waals surface area (Å²) >= 11 is 0. The van der Waals surface area contributed by atoms with E-state index in [-0.39, 0.29) is 24.2 Å². The number of carbonyl (C=O) groups excluding carboxylic acids is 1. The Morgan fingerprint density at radius 2 is 1.89 bits per heavy atom. The minimum absolute atomic E-state index is 0.105. The van der Waals surface area contributed by atoms with Gasteiger partial charge in [-0.25, -0.2) is 19.2 Å². The fraction of sp³-hybridized carbons (Fsp3) is 0.231. The third kappa shape index (κ3) is 3.78. The zero-order valence-corrected chi connectivity index (χ0v) is 18.8. The lowest BCUT2D eigenvalue weighted by molar-refractivity contribution is 0.0867. The van der Waals surface area contributed by atoms with E-state index in [4.69, 9.17) is 9.72 Å². The predicted molar refractivity (Wildman–Crippen MR) is 130 cm³/mol. The fourth-order valence-electron chi connectivity index (χ4n) is 4.87. The average Bonchev–Trinajstić information content (AvgIpc) is 3.34. The van der Waals surface area contributed by atoms with E-state index < -0.39 is 5.82 Å². The molecule has 8 nitrogen and oxygen atoms in total. The van der Waals surface area contributed by atoms with E-state index >= 15 is 0 Å². The molecule has 2 N–H and O–H groups in total. The van der Waals surface area contributed by atoms with Gasteiger partial charge < -0.3 is 19.6 Å². The fourth-order valence-corrected chi connectivity index (χ4v) is 4.87. The first kappa shape index (κ1) is 21.3. The standard InChI is InChI=1S/C26H22FN5O3/c27-17-6-7-18-19(12-17)20-22(28-14-29-25(20)33)23-21(18)30-24(31-23)16-8-10-32(11-9-16)26(34)35-13-15-4-2-1-3-5-15/h1-7,12,14,16H,8-11,13H2,(H,30,31)(H,28,29,33). The zero-order chi connectivity index (χ0) is 23.9. The van der Waals surface area contributed by atoms with Crippen molar-refractivity contribution >= 4 is 38.8 Å². The van der Waals surface area contributed by atoms with Gasteiger partial charge in [0.2, 0.25) is 0 Å². The molecule has 6 rings (SSSR count). The van der Waals surface area contributed by atoms with Crippen molar-refractivity contribution in [1.29, 1.82) is 0 Å². The normalized spacial score (nSPS) is 14.7. The van der Waals surface area contributed by atoms with Crippen LogP contribution in [0.1, 0.15) is 30.1 Å². The molecular formula is C26H22FN5O3. The topological polar surface area (TPSA) is 104 Å². The van der Waals surface area contributed by atoms with Crippen molar-refractivity contribution in [2.45, 2.75) is 25.4 Å². The number of halogens is 1. The van der Waals surface area contributed by atoms with Crippen LogP contribution in [0, 0.1) is 5.82 Å². The number of amides is 1. The second-order valence-electron chi connectivity index (χ2n) is 8.79. The minimum Gasteiger partial charge on any atom is -0.445 e. The van der Waals surface area contributed by atoms with E-state index in [1.807, 2.05) is 30.3 Å². The third-order valence-corrected chi connectivity index (χ3v) is 6.66. The smallest absolute Gasteiger partial charge is 0.410 e.